The van der Waals surface area contributed by atoms with E-state index in [0.717, 1.165) is 25.6 Å². The van der Waals surface area contributed by atoms with Crippen LogP contribution in [0.4, 0.5) is 5.69 Å². The highest BCUT2D eigenvalue weighted by Gasteiger charge is 2.22. The smallest absolute Gasteiger partial charge is 0.0397 e. The highest BCUT2D eigenvalue weighted by Crippen LogP contribution is 2.27. The molecule has 0 aromatic carbocycles. The highest BCUT2D eigenvalue weighted by atomic mass is 15.1. The van der Waals surface area contributed by atoms with Crippen molar-refractivity contribution in [3.05, 3.63) is 24.5 Å². The fourth-order valence-corrected chi connectivity index (χ4v) is 2.47. The summed E-state index contributed by atoms with van der Waals surface area (Å²) in [4.78, 5) is 6.50. The van der Waals surface area contributed by atoms with Crippen LogP contribution in [0.2, 0.25) is 0 Å². The van der Waals surface area contributed by atoms with Crippen LogP contribution in [0.25, 0.3) is 0 Å². The zero-order chi connectivity index (χ0) is 11.4. The van der Waals surface area contributed by atoms with Crippen LogP contribution in [0.5, 0.6) is 0 Å². The number of aromatic nitrogens is 1. The highest BCUT2D eigenvalue weighted by molar-refractivity contribution is 5.44. The number of rotatable bonds is 3. The molecule has 2 rings (SSSR count). The number of piperidine rings is 1. The van der Waals surface area contributed by atoms with Gasteiger partial charge in [0.1, 0.15) is 0 Å². The van der Waals surface area contributed by atoms with E-state index in [4.69, 9.17) is 5.73 Å². The van der Waals surface area contributed by atoms with Gasteiger partial charge in [-0.25, -0.2) is 0 Å². The van der Waals surface area contributed by atoms with Crippen LogP contribution < -0.4 is 10.6 Å². The molecule has 88 valence electrons. The Bertz CT molecular complexity index is 304. The number of anilines is 1. The summed E-state index contributed by atoms with van der Waals surface area (Å²) in [6, 6.07) is 4.18. The fourth-order valence-electron chi connectivity index (χ4n) is 2.47. The molecule has 1 aliphatic heterocycles. The molecule has 0 amide bonds. The van der Waals surface area contributed by atoms with Crippen molar-refractivity contribution >= 4 is 5.69 Å². The standard InChI is InChI=1S/C13H21N3/c1-11(10-14)12-4-8-16(9-5-12)13-2-6-15-7-3-13/h2-3,6-7,11-12H,4-5,8-10,14H2,1H3. The molecule has 0 aliphatic carbocycles. The lowest BCUT2D eigenvalue weighted by Crippen LogP contribution is -2.37. The summed E-state index contributed by atoms with van der Waals surface area (Å²) in [5, 5.41) is 0. The van der Waals surface area contributed by atoms with Gasteiger partial charge in [0.2, 0.25) is 0 Å². The molecule has 1 aromatic rings. The quantitative estimate of drug-likeness (QED) is 0.844. The van der Waals surface area contributed by atoms with Gasteiger partial charge in [0.15, 0.2) is 0 Å². The third-order valence-electron chi connectivity index (χ3n) is 3.74. The third-order valence-corrected chi connectivity index (χ3v) is 3.74. The molecule has 0 bridgehead atoms. The van der Waals surface area contributed by atoms with Crippen LogP contribution >= 0.6 is 0 Å². The van der Waals surface area contributed by atoms with Crippen LogP contribution in [0.1, 0.15) is 19.8 Å². The minimum absolute atomic E-state index is 0.666. The Morgan fingerprint density at radius 1 is 1.38 bits per heavy atom. The lowest BCUT2D eigenvalue weighted by molar-refractivity contribution is 0.298. The van der Waals surface area contributed by atoms with E-state index < -0.39 is 0 Å². The van der Waals surface area contributed by atoms with E-state index >= 15 is 0 Å². The van der Waals surface area contributed by atoms with Gasteiger partial charge in [-0.15, -0.1) is 0 Å². The van der Waals surface area contributed by atoms with E-state index in [2.05, 4.69) is 28.9 Å². The second-order valence-electron chi connectivity index (χ2n) is 4.74. The fraction of sp³-hybridized carbons (Fsp3) is 0.615. The second kappa shape index (κ2) is 5.30. The molecule has 3 heteroatoms. The monoisotopic (exact) mass is 219 g/mol. The Morgan fingerprint density at radius 2 is 2.00 bits per heavy atom. The summed E-state index contributed by atoms with van der Waals surface area (Å²) in [5.41, 5.74) is 7.03. The topological polar surface area (TPSA) is 42.1 Å². The Balaban J connectivity index is 1.91. The SMILES string of the molecule is CC(CN)C1CCN(c2ccncc2)CC1. The number of pyridine rings is 1. The van der Waals surface area contributed by atoms with Crippen LogP contribution in [0, 0.1) is 11.8 Å². The molecule has 1 unspecified atom stereocenters. The van der Waals surface area contributed by atoms with Gasteiger partial charge < -0.3 is 10.6 Å². The van der Waals surface area contributed by atoms with E-state index in [0.29, 0.717) is 5.92 Å². The maximum Gasteiger partial charge on any atom is 0.0397 e. The molecule has 1 aliphatic rings. The summed E-state index contributed by atoms with van der Waals surface area (Å²) < 4.78 is 0. The largest absolute Gasteiger partial charge is 0.371 e. The molecule has 2 heterocycles. The van der Waals surface area contributed by atoms with Crippen molar-refractivity contribution < 1.29 is 0 Å². The van der Waals surface area contributed by atoms with Crippen LogP contribution in [0.15, 0.2) is 24.5 Å². The van der Waals surface area contributed by atoms with Crippen LogP contribution in [-0.2, 0) is 0 Å². The number of hydrogen-bond acceptors (Lipinski definition) is 3. The number of nitrogens with zero attached hydrogens (tertiary/aromatic N) is 2. The van der Waals surface area contributed by atoms with Gasteiger partial charge in [0, 0.05) is 31.2 Å². The van der Waals surface area contributed by atoms with Gasteiger partial charge in [-0.3, -0.25) is 4.98 Å². The molecule has 1 saturated heterocycles. The van der Waals surface area contributed by atoms with Crippen molar-refractivity contribution in [3.8, 4) is 0 Å². The molecular formula is C13H21N3. The Morgan fingerprint density at radius 3 is 2.56 bits per heavy atom. The number of hydrogen-bond donors (Lipinski definition) is 1. The predicted octanol–water partition coefficient (Wildman–Crippen LogP) is 1.89. The molecule has 16 heavy (non-hydrogen) atoms. The Labute approximate surface area is 97.7 Å². The van der Waals surface area contributed by atoms with Gasteiger partial charge in [-0.2, -0.15) is 0 Å². The maximum absolute atomic E-state index is 5.73. The second-order valence-corrected chi connectivity index (χ2v) is 4.74. The minimum atomic E-state index is 0.666. The average Bonchev–Trinajstić information content (AvgIpc) is 2.39. The van der Waals surface area contributed by atoms with Gasteiger partial charge in [-0.1, -0.05) is 6.92 Å². The van der Waals surface area contributed by atoms with Gasteiger partial charge in [0.25, 0.3) is 0 Å². The molecule has 2 N–H and O–H groups in total. The first kappa shape index (κ1) is 11.4. The van der Waals surface area contributed by atoms with Crippen molar-refractivity contribution in [1.82, 2.24) is 4.98 Å². The van der Waals surface area contributed by atoms with Crippen molar-refractivity contribution in [2.75, 3.05) is 24.5 Å². The van der Waals surface area contributed by atoms with E-state index in [9.17, 15) is 0 Å². The molecule has 1 atom stereocenters. The zero-order valence-corrected chi connectivity index (χ0v) is 9.97. The van der Waals surface area contributed by atoms with Gasteiger partial charge >= 0.3 is 0 Å². The van der Waals surface area contributed by atoms with Gasteiger partial charge in [0.05, 0.1) is 0 Å². The first-order valence-electron chi connectivity index (χ1n) is 6.16. The van der Waals surface area contributed by atoms with Crippen molar-refractivity contribution in [2.24, 2.45) is 17.6 Å². The summed E-state index contributed by atoms with van der Waals surface area (Å²) in [7, 11) is 0. The van der Waals surface area contributed by atoms with E-state index in [1.165, 1.54) is 18.5 Å². The van der Waals surface area contributed by atoms with E-state index in [1.807, 2.05) is 12.4 Å². The lowest BCUT2D eigenvalue weighted by Gasteiger charge is -2.35. The molecule has 1 fully saturated rings. The van der Waals surface area contributed by atoms with Crippen molar-refractivity contribution in [3.63, 3.8) is 0 Å². The zero-order valence-electron chi connectivity index (χ0n) is 9.97. The Kier molecular flexibility index (Phi) is 3.78. The minimum Gasteiger partial charge on any atom is -0.371 e. The summed E-state index contributed by atoms with van der Waals surface area (Å²) in [6.07, 6.45) is 6.26. The van der Waals surface area contributed by atoms with Crippen molar-refractivity contribution in [2.45, 2.75) is 19.8 Å². The van der Waals surface area contributed by atoms with Crippen LogP contribution in [-0.4, -0.2) is 24.6 Å². The molecule has 0 spiro atoms. The molecule has 3 nitrogen and oxygen atoms in total. The summed E-state index contributed by atoms with van der Waals surface area (Å²) in [5.74, 6) is 1.47. The molecule has 1 aromatic heterocycles. The normalized spacial score (nSPS) is 19.8. The summed E-state index contributed by atoms with van der Waals surface area (Å²) >= 11 is 0. The number of nitrogens with two attached hydrogens (primary N) is 1. The Hall–Kier alpha value is -1.09. The van der Waals surface area contributed by atoms with Crippen LogP contribution in [0.3, 0.4) is 0 Å². The first-order chi connectivity index (χ1) is 7.81. The maximum atomic E-state index is 5.73. The van der Waals surface area contributed by atoms with Gasteiger partial charge in [-0.05, 0) is 43.4 Å². The lowest BCUT2D eigenvalue weighted by atomic mass is 9.85. The average molecular weight is 219 g/mol. The third kappa shape index (κ3) is 2.53. The van der Waals surface area contributed by atoms with E-state index in [1.54, 1.807) is 0 Å². The van der Waals surface area contributed by atoms with E-state index in [-0.39, 0.29) is 0 Å². The predicted molar refractivity (Wildman–Crippen MR) is 67.4 cm³/mol. The molecule has 0 saturated carbocycles. The first-order valence-corrected chi connectivity index (χ1v) is 6.16. The summed E-state index contributed by atoms with van der Waals surface area (Å²) in [6.45, 7) is 5.39. The molecule has 0 radical (unpaired) electrons. The molecular weight excluding hydrogens is 198 g/mol. The van der Waals surface area contributed by atoms with Crippen molar-refractivity contribution in [1.29, 1.82) is 0 Å².